The van der Waals surface area contributed by atoms with Crippen molar-refractivity contribution in [3.05, 3.63) is 52.2 Å². The average Bonchev–Trinajstić information content (AvgIpc) is 3.35. The molecule has 1 aromatic heterocycles. The van der Waals surface area contributed by atoms with Crippen LogP contribution >= 0.6 is 11.3 Å². The Morgan fingerprint density at radius 1 is 1.03 bits per heavy atom. The van der Waals surface area contributed by atoms with Gasteiger partial charge in [-0.05, 0) is 48.6 Å². The van der Waals surface area contributed by atoms with Gasteiger partial charge in [-0.2, -0.15) is 4.31 Å². The lowest BCUT2D eigenvalue weighted by Gasteiger charge is -2.34. The Labute approximate surface area is 188 Å². The summed E-state index contributed by atoms with van der Waals surface area (Å²) in [6.45, 7) is 4.69. The quantitative estimate of drug-likeness (QED) is 0.683. The highest BCUT2D eigenvalue weighted by Crippen LogP contribution is 2.26. The average molecular weight is 464 g/mol. The Morgan fingerprint density at radius 3 is 2.39 bits per heavy atom. The second-order valence-electron chi connectivity index (χ2n) is 7.88. The highest BCUT2D eigenvalue weighted by molar-refractivity contribution is 7.89. The van der Waals surface area contributed by atoms with Gasteiger partial charge in [0.05, 0.1) is 24.2 Å². The second-order valence-corrected chi connectivity index (χ2v) is 10.8. The molecular formula is C22H29N3O4S2. The number of ether oxygens (including phenoxy) is 1. The van der Waals surface area contributed by atoms with Crippen molar-refractivity contribution in [1.29, 1.82) is 0 Å². The molecule has 2 aliphatic rings. The third kappa shape index (κ3) is 5.35. The second kappa shape index (κ2) is 10.2. The van der Waals surface area contributed by atoms with E-state index in [1.807, 2.05) is 11.4 Å². The van der Waals surface area contributed by atoms with Gasteiger partial charge in [0, 0.05) is 43.2 Å². The minimum absolute atomic E-state index is 0.103. The molecule has 3 heterocycles. The van der Waals surface area contributed by atoms with E-state index in [9.17, 15) is 13.2 Å². The zero-order chi connectivity index (χ0) is 21.7. The fourth-order valence-electron chi connectivity index (χ4n) is 4.10. The van der Waals surface area contributed by atoms with Gasteiger partial charge in [-0.1, -0.05) is 12.5 Å². The molecule has 31 heavy (non-hydrogen) atoms. The maximum atomic E-state index is 12.8. The predicted molar refractivity (Wildman–Crippen MR) is 121 cm³/mol. The Bertz CT molecular complexity index is 949. The minimum atomic E-state index is -3.49. The first-order valence-electron chi connectivity index (χ1n) is 10.8. The van der Waals surface area contributed by atoms with Gasteiger partial charge in [0.2, 0.25) is 10.0 Å². The summed E-state index contributed by atoms with van der Waals surface area (Å²) in [6, 6.07) is 10.5. The summed E-state index contributed by atoms with van der Waals surface area (Å²) in [5.74, 6) is -0.197. The number of nitrogens with zero attached hydrogens (tertiary/aromatic N) is 2. The summed E-state index contributed by atoms with van der Waals surface area (Å²) in [5.41, 5.74) is 0.463. The summed E-state index contributed by atoms with van der Waals surface area (Å²) < 4.78 is 32.6. The Morgan fingerprint density at radius 2 is 1.74 bits per heavy atom. The van der Waals surface area contributed by atoms with Gasteiger partial charge in [0.15, 0.2) is 0 Å². The molecule has 0 spiro atoms. The number of piperidine rings is 1. The number of nitrogens with one attached hydrogen (secondary N) is 1. The van der Waals surface area contributed by atoms with Crippen LogP contribution in [0.1, 0.15) is 40.5 Å². The molecule has 2 aromatic rings. The van der Waals surface area contributed by atoms with E-state index in [0.29, 0.717) is 38.4 Å². The zero-order valence-electron chi connectivity index (χ0n) is 17.5. The third-order valence-electron chi connectivity index (χ3n) is 5.88. The Hall–Kier alpha value is -1.78. The number of sulfonamides is 1. The van der Waals surface area contributed by atoms with Crippen molar-refractivity contribution in [3.63, 3.8) is 0 Å². The van der Waals surface area contributed by atoms with Crippen molar-refractivity contribution in [1.82, 2.24) is 14.5 Å². The van der Waals surface area contributed by atoms with Crippen LogP contribution in [0.4, 0.5) is 0 Å². The van der Waals surface area contributed by atoms with Gasteiger partial charge in [-0.3, -0.25) is 9.69 Å². The summed E-state index contributed by atoms with van der Waals surface area (Å²) in [5, 5.41) is 5.08. The number of amides is 1. The molecule has 2 aliphatic heterocycles. The predicted octanol–water partition coefficient (Wildman–Crippen LogP) is 2.73. The Balaban J connectivity index is 1.41. The summed E-state index contributed by atoms with van der Waals surface area (Å²) in [7, 11) is -3.49. The van der Waals surface area contributed by atoms with Crippen LogP contribution in [0, 0.1) is 0 Å². The van der Waals surface area contributed by atoms with Gasteiger partial charge >= 0.3 is 0 Å². The SMILES string of the molecule is O=C(NCC(c1cccs1)N1CCOCC1)c1ccc(S(=O)(=O)N2CCCCC2)cc1. The Kier molecular flexibility index (Phi) is 7.39. The van der Waals surface area contributed by atoms with Crippen LogP contribution in [-0.4, -0.2) is 69.5 Å². The lowest BCUT2D eigenvalue weighted by atomic mass is 10.1. The molecule has 4 rings (SSSR count). The number of thiophene rings is 1. The lowest BCUT2D eigenvalue weighted by Crippen LogP contribution is -2.43. The van der Waals surface area contributed by atoms with Gasteiger partial charge in [-0.25, -0.2) is 8.42 Å². The summed E-state index contributed by atoms with van der Waals surface area (Å²) in [4.78, 5) is 16.5. The zero-order valence-corrected chi connectivity index (χ0v) is 19.2. The number of hydrogen-bond acceptors (Lipinski definition) is 6. The molecule has 0 aliphatic carbocycles. The van der Waals surface area contributed by atoms with E-state index in [1.165, 1.54) is 17.0 Å². The highest BCUT2D eigenvalue weighted by atomic mass is 32.2. The molecule has 2 saturated heterocycles. The number of benzene rings is 1. The normalized spacial score (nSPS) is 19.7. The van der Waals surface area contributed by atoms with E-state index >= 15 is 0 Å². The van der Waals surface area contributed by atoms with E-state index in [0.717, 1.165) is 32.4 Å². The first kappa shape index (κ1) is 22.4. The third-order valence-corrected chi connectivity index (χ3v) is 8.77. The number of carbonyl (C=O) groups is 1. The smallest absolute Gasteiger partial charge is 0.251 e. The molecular weight excluding hydrogens is 434 g/mol. The van der Waals surface area contributed by atoms with E-state index in [1.54, 1.807) is 27.8 Å². The van der Waals surface area contributed by atoms with Gasteiger partial charge < -0.3 is 10.1 Å². The highest BCUT2D eigenvalue weighted by Gasteiger charge is 2.27. The molecule has 7 nitrogen and oxygen atoms in total. The number of rotatable bonds is 7. The molecule has 0 bridgehead atoms. The van der Waals surface area contributed by atoms with Crippen LogP contribution in [0.5, 0.6) is 0 Å². The van der Waals surface area contributed by atoms with Crippen molar-refractivity contribution >= 4 is 27.3 Å². The van der Waals surface area contributed by atoms with Gasteiger partial charge in [0.25, 0.3) is 5.91 Å². The van der Waals surface area contributed by atoms with Crippen molar-refractivity contribution in [2.75, 3.05) is 45.9 Å². The van der Waals surface area contributed by atoms with Crippen LogP contribution in [-0.2, 0) is 14.8 Å². The fourth-order valence-corrected chi connectivity index (χ4v) is 6.48. The van der Waals surface area contributed by atoms with E-state index in [4.69, 9.17) is 4.74 Å². The number of hydrogen-bond donors (Lipinski definition) is 1. The summed E-state index contributed by atoms with van der Waals surface area (Å²) in [6.07, 6.45) is 2.87. The van der Waals surface area contributed by atoms with Crippen molar-refractivity contribution < 1.29 is 17.9 Å². The maximum absolute atomic E-state index is 12.8. The fraction of sp³-hybridized carbons (Fsp3) is 0.500. The van der Waals surface area contributed by atoms with E-state index in [2.05, 4.69) is 16.3 Å². The van der Waals surface area contributed by atoms with Crippen LogP contribution in [0.15, 0.2) is 46.7 Å². The maximum Gasteiger partial charge on any atom is 0.251 e. The van der Waals surface area contributed by atoms with Crippen molar-refractivity contribution in [2.24, 2.45) is 0 Å². The molecule has 1 aromatic carbocycles. The standard InChI is InChI=1S/C22H29N3O4S2/c26-22(23-17-20(21-5-4-16-30-21)24-12-14-29-15-13-24)18-6-8-19(9-7-18)31(27,28)25-10-2-1-3-11-25/h4-9,16,20H,1-3,10-15,17H2,(H,23,26). The summed E-state index contributed by atoms with van der Waals surface area (Å²) >= 11 is 1.69. The van der Waals surface area contributed by atoms with Crippen LogP contribution in [0.25, 0.3) is 0 Å². The first-order chi connectivity index (χ1) is 15.1. The van der Waals surface area contributed by atoms with Crippen molar-refractivity contribution in [3.8, 4) is 0 Å². The van der Waals surface area contributed by atoms with Crippen LogP contribution < -0.4 is 5.32 Å². The van der Waals surface area contributed by atoms with Gasteiger partial charge in [-0.15, -0.1) is 11.3 Å². The van der Waals surface area contributed by atoms with Crippen molar-refractivity contribution in [2.45, 2.75) is 30.2 Å². The first-order valence-corrected chi connectivity index (χ1v) is 13.1. The van der Waals surface area contributed by atoms with Gasteiger partial charge in [0.1, 0.15) is 0 Å². The van der Waals surface area contributed by atoms with Crippen LogP contribution in [0.3, 0.4) is 0 Å². The molecule has 0 radical (unpaired) electrons. The lowest BCUT2D eigenvalue weighted by molar-refractivity contribution is 0.0169. The minimum Gasteiger partial charge on any atom is -0.379 e. The molecule has 1 N–H and O–H groups in total. The molecule has 1 unspecified atom stereocenters. The molecule has 1 atom stereocenters. The number of carbonyl (C=O) groups excluding carboxylic acids is 1. The molecule has 9 heteroatoms. The topological polar surface area (TPSA) is 79.0 Å². The molecule has 2 fully saturated rings. The monoisotopic (exact) mass is 463 g/mol. The molecule has 1 amide bonds. The van der Waals surface area contributed by atoms with Crippen LogP contribution in [0.2, 0.25) is 0 Å². The molecule has 168 valence electrons. The largest absolute Gasteiger partial charge is 0.379 e. The molecule has 0 saturated carbocycles. The number of morpholine rings is 1. The van der Waals surface area contributed by atoms with E-state index in [-0.39, 0.29) is 16.8 Å². The van der Waals surface area contributed by atoms with E-state index < -0.39 is 10.0 Å².